The molecular formula is C24H25F3N4O4. The van der Waals surface area contributed by atoms with E-state index in [1.165, 1.54) is 12.1 Å². The fourth-order valence-corrected chi connectivity index (χ4v) is 3.94. The number of piperidine rings is 1. The van der Waals surface area contributed by atoms with Gasteiger partial charge in [0.1, 0.15) is 0 Å². The second-order valence-corrected chi connectivity index (χ2v) is 8.20. The number of nitrogens with zero attached hydrogens (tertiary/aromatic N) is 3. The molecule has 0 atom stereocenters. The van der Waals surface area contributed by atoms with Gasteiger partial charge in [-0.25, -0.2) is 0 Å². The second kappa shape index (κ2) is 10.3. The first-order valence-electron chi connectivity index (χ1n) is 11.0. The van der Waals surface area contributed by atoms with Crippen LogP contribution in [0.2, 0.25) is 0 Å². The van der Waals surface area contributed by atoms with Crippen molar-refractivity contribution in [1.82, 2.24) is 15.0 Å². The molecule has 0 radical (unpaired) electrons. The fourth-order valence-electron chi connectivity index (χ4n) is 3.94. The summed E-state index contributed by atoms with van der Waals surface area (Å²) in [5.41, 5.74) is 0.328. The number of hydrogen-bond acceptors (Lipinski definition) is 7. The third-order valence-corrected chi connectivity index (χ3v) is 5.91. The van der Waals surface area contributed by atoms with Crippen molar-refractivity contribution in [2.24, 2.45) is 5.92 Å². The lowest BCUT2D eigenvalue weighted by Gasteiger charge is -2.30. The predicted molar refractivity (Wildman–Crippen MR) is 121 cm³/mol. The van der Waals surface area contributed by atoms with Crippen LogP contribution in [0.25, 0.3) is 11.4 Å². The number of amides is 1. The zero-order valence-electron chi connectivity index (χ0n) is 19.3. The van der Waals surface area contributed by atoms with Crippen molar-refractivity contribution in [3.63, 3.8) is 0 Å². The number of benzene rings is 2. The summed E-state index contributed by atoms with van der Waals surface area (Å²) in [6.45, 7) is 1.76. The average molecular weight is 490 g/mol. The molecule has 1 saturated heterocycles. The molecule has 35 heavy (non-hydrogen) atoms. The van der Waals surface area contributed by atoms with Crippen molar-refractivity contribution >= 4 is 11.6 Å². The zero-order valence-corrected chi connectivity index (χ0v) is 19.3. The molecule has 1 N–H and O–H groups in total. The number of anilines is 1. The first-order valence-corrected chi connectivity index (χ1v) is 11.0. The van der Waals surface area contributed by atoms with E-state index in [4.69, 9.17) is 14.0 Å². The number of halogens is 3. The Morgan fingerprint density at radius 1 is 1.09 bits per heavy atom. The van der Waals surface area contributed by atoms with Crippen molar-refractivity contribution in [2.45, 2.75) is 25.6 Å². The number of carbonyl (C=O) groups is 1. The molecule has 2 heterocycles. The van der Waals surface area contributed by atoms with Gasteiger partial charge in [0.25, 0.3) is 0 Å². The molecule has 0 unspecified atom stereocenters. The van der Waals surface area contributed by atoms with Gasteiger partial charge < -0.3 is 19.3 Å². The lowest BCUT2D eigenvalue weighted by molar-refractivity contribution is -0.137. The third kappa shape index (κ3) is 5.91. The van der Waals surface area contributed by atoms with Crippen LogP contribution in [0.5, 0.6) is 11.5 Å². The van der Waals surface area contributed by atoms with E-state index in [1.807, 2.05) is 6.07 Å². The van der Waals surface area contributed by atoms with Crippen LogP contribution in [0.3, 0.4) is 0 Å². The van der Waals surface area contributed by atoms with Crippen molar-refractivity contribution in [2.75, 3.05) is 32.6 Å². The van der Waals surface area contributed by atoms with Gasteiger partial charge in [0.15, 0.2) is 11.5 Å². The highest BCUT2D eigenvalue weighted by molar-refractivity contribution is 5.92. The van der Waals surface area contributed by atoms with E-state index in [9.17, 15) is 18.0 Å². The van der Waals surface area contributed by atoms with Gasteiger partial charge in [0.2, 0.25) is 17.6 Å². The largest absolute Gasteiger partial charge is 0.493 e. The van der Waals surface area contributed by atoms with Gasteiger partial charge in [0.05, 0.1) is 26.3 Å². The van der Waals surface area contributed by atoms with Crippen LogP contribution in [0.1, 0.15) is 24.3 Å². The van der Waals surface area contributed by atoms with Gasteiger partial charge in [-0.05, 0) is 68.4 Å². The first-order chi connectivity index (χ1) is 16.8. The van der Waals surface area contributed by atoms with E-state index in [2.05, 4.69) is 20.4 Å². The monoisotopic (exact) mass is 490 g/mol. The summed E-state index contributed by atoms with van der Waals surface area (Å²) in [6, 6.07) is 9.80. The summed E-state index contributed by atoms with van der Waals surface area (Å²) in [5.74, 6) is 1.64. The van der Waals surface area contributed by atoms with Crippen LogP contribution in [-0.2, 0) is 17.5 Å². The molecule has 1 fully saturated rings. The Bertz CT molecular complexity index is 1160. The summed E-state index contributed by atoms with van der Waals surface area (Å²) in [4.78, 5) is 19.1. The van der Waals surface area contributed by atoms with Gasteiger partial charge in [-0.3, -0.25) is 9.69 Å². The summed E-state index contributed by atoms with van der Waals surface area (Å²) in [7, 11) is 3.11. The van der Waals surface area contributed by atoms with Gasteiger partial charge in [0, 0.05) is 17.2 Å². The molecule has 1 aliphatic rings. The standard InChI is InChI=1S/C24H25F3N4O4/c1-33-19-8-3-16(13-20(19)34-2)22-29-21(35-30-22)14-31-11-9-15(10-12-31)23(32)28-18-6-4-17(5-7-18)24(25,26)27/h3-8,13,15H,9-12,14H2,1-2H3,(H,28,32). The lowest BCUT2D eigenvalue weighted by Crippen LogP contribution is -2.37. The first kappa shape index (κ1) is 24.5. The second-order valence-electron chi connectivity index (χ2n) is 8.20. The zero-order chi connectivity index (χ0) is 25.0. The van der Waals surface area contributed by atoms with Crippen LogP contribution in [0, 0.1) is 5.92 Å². The molecule has 186 valence electrons. The van der Waals surface area contributed by atoms with E-state index >= 15 is 0 Å². The SMILES string of the molecule is COc1ccc(-c2noc(CN3CCC(C(=O)Nc4ccc(C(F)(F)F)cc4)CC3)n2)cc1OC. The molecule has 1 aliphatic heterocycles. The third-order valence-electron chi connectivity index (χ3n) is 5.91. The van der Waals surface area contributed by atoms with E-state index in [1.54, 1.807) is 26.4 Å². The minimum atomic E-state index is -4.41. The summed E-state index contributed by atoms with van der Waals surface area (Å²) < 4.78 is 54.0. The Kier molecular flexibility index (Phi) is 7.25. The highest BCUT2D eigenvalue weighted by atomic mass is 19.4. The Morgan fingerprint density at radius 3 is 2.40 bits per heavy atom. The van der Waals surface area contributed by atoms with Gasteiger partial charge in [-0.2, -0.15) is 18.2 Å². The Labute approximate surface area is 200 Å². The normalized spacial score (nSPS) is 15.1. The Morgan fingerprint density at radius 2 is 1.77 bits per heavy atom. The molecule has 4 rings (SSSR count). The van der Waals surface area contributed by atoms with Gasteiger partial charge in [-0.15, -0.1) is 0 Å². The van der Waals surface area contributed by atoms with Crippen molar-refractivity contribution in [3.05, 3.63) is 53.9 Å². The number of nitrogens with one attached hydrogen (secondary N) is 1. The van der Waals surface area contributed by atoms with E-state index in [0.29, 0.717) is 61.4 Å². The van der Waals surface area contributed by atoms with Crippen LogP contribution in [0.4, 0.5) is 18.9 Å². The molecule has 0 aliphatic carbocycles. The topological polar surface area (TPSA) is 89.7 Å². The minimum Gasteiger partial charge on any atom is -0.493 e. The van der Waals surface area contributed by atoms with E-state index in [0.717, 1.165) is 17.7 Å². The molecule has 11 heteroatoms. The molecular weight excluding hydrogens is 465 g/mol. The fraction of sp³-hybridized carbons (Fsp3) is 0.375. The predicted octanol–water partition coefficient (Wildman–Crippen LogP) is 4.62. The van der Waals surface area contributed by atoms with Crippen molar-refractivity contribution in [3.8, 4) is 22.9 Å². The van der Waals surface area contributed by atoms with Crippen LogP contribution in [0.15, 0.2) is 47.0 Å². The number of carbonyl (C=O) groups excluding carboxylic acids is 1. The van der Waals surface area contributed by atoms with Gasteiger partial charge >= 0.3 is 6.18 Å². The van der Waals surface area contributed by atoms with Gasteiger partial charge in [-0.1, -0.05) is 5.16 Å². The average Bonchev–Trinajstić information content (AvgIpc) is 3.32. The Balaban J connectivity index is 1.29. The number of aromatic nitrogens is 2. The van der Waals surface area contributed by atoms with Crippen molar-refractivity contribution < 1.29 is 32.0 Å². The maximum absolute atomic E-state index is 12.7. The van der Waals surface area contributed by atoms with Crippen LogP contribution < -0.4 is 14.8 Å². The minimum absolute atomic E-state index is 0.196. The molecule has 1 aromatic heterocycles. The number of alkyl halides is 3. The number of ether oxygens (including phenoxy) is 2. The molecule has 0 saturated carbocycles. The molecule has 2 aromatic carbocycles. The summed E-state index contributed by atoms with van der Waals surface area (Å²) in [6.07, 6.45) is -3.18. The summed E-state index contributed by atoms with van der Waals surface area (Å²) >= 11 is 0. The smallest absolute Gasteiger partial charge is 0.416 e. The van der Waals surface area contributed by atoms with Crippen LogP contribution >= 0.6 is 0 Å². The Hall–Kier alpha value is -3.60. The highest BCUT2D eigenvalue weighted by Crippen LogP contribution is 2.32. The molecule has 3 aromatic rings. The molecule has 8 nitrogen and oxygen atoms in total. The number of hydrogen-bond donors (Lipinski definition) is 1. The van der Waals surface area contributed by atoms with Crippen molar-refractivity contribution in [1.29, 1.82) is 0 Å². The molecule has 1 amide bonds. The van der Waals surface area contributed by atoms with E-state index < -0.39 is 11.7 Å². The number of methoxy groups -OCH3 is 2. The van der Waals surface area contributed by atoms with Crippen LogP contribution in [-0.4, -0.2) is 48.3 Å². The lowest BCUT2D eigenvalue weighted by atomic mass is 9.96. The quantitative estimate of drug-likeness (QED) is 0.517. The van der Waals surface area contributed by atoms with E-state index in [-0.39, 0.29) is 11.8 Å². The number of rotatable bonds is 7. The highest BCUT2D eigenvalue weighted by Gasteiger charge is 2.30. The number of likely N-dealkylation sites (tertiary alicyclic amines) is 1. The molecule has 0 bridgehead atoms. The molecule has 0 spiro atoms. The maximum atomic E-state index is 12.7. The maximum Gasteiger partial charge on any atom is 0.416 e. The summed E-state index contributed by atoms with van der Waals surface area (Å²) in [5, 5.41) is 6.76.